The first-order valence-corrected chi connectivity index (χ1v) is 19.6. The van der Waals surface area contributed by atoms with Crippen LogP contribution < -0.4 is 0 Å². The van der Waals surface area contributed by atoms with Crippen molar-refractivity contribution in [2.45, 2.75) is 121 Å². The molecule has 0 fully saturated rings. The molecule has 0 radical (unpaired) electrons. The fraction of sp³-hybridized carbons (Fsp3) is 0.429. The van der Waals surface area contributed by atoms with Crippen molar-refractivity contribution in [2.24, 2.45) is 16.2 Å². The van der Waals surface area contributed by atoms with Gasteiger partial charge in [0.15, 0.2) is 0 Å². The summed E-state index contributed by atoms with van der Waals surface area (Å²) in [5, 5.41) is 0. The molecule has 0 bridgehead atoms. The Labute approximate surface area is 346 Å². The largest absolute Gasteiger partial charge is 0.358 e. The van der Waals surface area contributed by atoms with Crippen LogP contribution in [0.25, 0.3) is 22.3 Å². The number of halogens is 2. The van der Waals surface area contributed by atoms with Crippen LogP contribution in [0.4, 0.5) is 0 Å². The van der Waals surface area contributed by atoms with Gasteiger partial charge in [0.05, 0.1) is 0 Å². The van der Waals surface area contributed by atoms with E-state index < -0.39 is 0 Å². The van der Waals surface area contributed by atoms with E-state index in [4.69, 9.17) is 0 Å². The van der Waals surface area contributed by atoms with Crippen LogP contribution in [0.1, 0.15) is 135 Å². The Kier molecular flexibility index (Phi) is 16.2. The molecule has 0 aliphatic heterocycles. The topological polar surface area (TPSA) is 0 Å². The van der Waals surface area contributed by atoms with E-state index in [1.165, 1.54) is 91.0 Å². The summed E-state index contributed by atoms with van der Waals surface area (Å²) in [5.41, 5.74) is 17.9. The van der Waals surface area contributed by atoms with E-state index in [0.29, 0.717) is 5.41 Å². The summed E-state index contributed by atoms with van der Waals surface area (Å²) in [4.78, 5) is 0. The summed E-state index contributed by atoms with van der Waals surface area (Å²) in [7, 11) is 0. The first-order chi connectivity index (χ1) is 22.6. The normalized spacial score (nSPS) is 16.4. The predicted molar refractivity (Wildman–Crippen MR) is 232 cm³/mol. The molecule has 3 aromatic carbocycles. The van der Waals surface area contributed by atoms with Gasteiger partial charge in [-0.15, -0.1) is 42.9 Å². The van der Waals surface area contributed by atoms with Gasteiger partial charge in [-0.1, -0.05) is 126 Å². The third-order valence-corrected chi connectivity index (χ3v) is 10.0. The zero-order chi connectivity index (χ0) is 36.7. The second-order valence-electron chi connectivity index (χ2n) is 18.2. The number of allylic oxidation sites excluding steroid dienone is 8. The molecule has 4 aliphatic carbocycles. The van der Waals surface area contributed by atoms with Gasteiger partial charge in [0, 0.05) is 5.41 Å². The molecule has 0 spiro atoms. The summed E-state index contributed by atoms with van der Waals surface area (Å²) >= 11 is 1.30. The Hall–Kier alpha value is -2.05. The Morgan fingerprint density at radius 2 is 1.21 bits per heavy atom. The number of aryl methyl sites for hydroxylation is 1. The maximum absolute atomic E-state index is 3.85. The van der Waals surface area contributed by atoms with Crippen LogP contribution in [0.3, 0.4) is 0 Å². The molecule has 0 atom stereocenters. The minimum atomic E-state index is -0.0202. The summed E-state index contributed by atoms with van der Waals surface area (Å²) in [6.07, 6.45) is 15.9. The number of hydrogen-bond donors (Lipinski definition) is 0. The number of fused-ring (bicyclic) bond motifs is 5. The molecule has 0 aromatic heterocycles. The van der Waals surface area contributed by atoms with E-state index in [1.807, 2.05) is 24.3 Å². The Morgan fingerprint density at radius 1 is 0.692 bits per heavy atom. The van der Waals surface area contributed by atoms with Crippen molar-refractivity contribution in [3.8, 4) is 11.1 Å². The zero-order valence-electron chi connectivity index (χ0n) is 34.8. The van der Waals surface area contributed by atoms with Gasteiger partial charge >= 0.3 is 28.4 Å². The first-order valence-electron chi connectivity index (χ1n) is 17.9. The maximum Gasteiger partial charge on any atom is -0.358 e. The Bertz CT molecular complexity index is 1730. The molecular weight excluding hydrogens is 751 g/mol. The second kappa shape index (κ2) is 17.6. The summed E-state index contributed by atoms with van der Waals surface area (Å²) in [6, 6.07) is 20.8. The van der Waals surface area contributed by atoms with Gasteiger partial charge in [0.1, 0.15) is 0 Å². The SMILES string of the molecule is CC(C)(C)C1=CC[C-]=C1.CC(C)(C)C1=[C-]C(C)(C)c2cc3c(cc21)-c1cc2c(cc1C3)C(C)(C)C=C2C(C)(C)C.Cc1cc[c-]cc1.Cl.Cl.[CH2]=[Zr].[CH3-]. The summed E-state index contributed by atoms with van der Waals surface area (Å²) in [6.45, 7) is 32.1. The molecule has 52 heavy (non-hydrogen) atoms. The van der Waals surface area contributed by atoms with Crippen LogP contribution in [-0.2, 0) is 41.5 Å². The number of hydrogen-bond acceptors (Lipinski definition) is 0. The minimum Gasteiger partial charge on any atom is -0.358 e. The molecule has 7 rings (SSSR count). The van der Waals surface area contributed by atoms with Gasteiger partial charge in [-0.3, -0.25) is 12.2 Å². The molecule has 0 saturated carbocycles. The average Bonchev–Trinajstić information content (AvgIpc) is 3.77. The molecule has 0 heterocycles. The van der Waals surface area contributed by atoms with Gasteiger partial charge in [-0.25, -0.2) is 11.6 Å². The fourth-order valence-electron chi connectivity index (χ4n) is 7.33. The summed E-state index contributed by atoms with van der Waals surface area (Å²) in [5.74, 6) is 0. The van der Waals surface area contributed by atoms with Crippen LogP contribution in [-0.4, -0.2) is 4.21 Å². The molecule has 0 saturated heterocycles. The van der Waals surface area contributed by atoms with Crippen LogP contribution in [0, 0.1) is 48.8 Å². The van der Waals surface area contributed by atoms with Gasteiger partial charge in [0.25, 0.3) is 0 Å². The van der Waals surface area contributed by atoms with Crippen molar-refractivity contribution in [3.05, 3.63) is 137 Å². The molecule has 0 nitrogen and oxygen atoms in total. The molecule has 3 heteroatoms. The van der Waals surface area contributed by atoms with E-state index in [2.05, 4.69) is 162 Å². The van der Waals surface area contributed by atoms with Crippen molar-refractivity contribution in [3.63, 3.8) is 0 Å². The van der Waals surface area contributed by atoms with E-state index in [0.717, 1.165) is 12.8 Å². The van der Waals surface area contributed by atoms with Crippen molar-refractivity contribution in [1.29, 1.82) is 0 Å². The van der Waals surface area contributed by atoms with Crippen LogP contribution in [0.5, 0.6) is 0 Å². The van der Waals surface area contributed by atoms with E-state index in [9.17, 15) is 0 Å². The van der Waals surface area contributed by atoms with Crippen molar-refractivity contribution in [1.82, 2.24) is 0 Å². The maximum atomic E-state index is 3.85. The zero-order valence-corrected chi connectivity index (χ0v) is 38.9. The molecular formula is C49H64Cl2Zr-4. The van der Waals surface area contributed by atoms with Crippen molar-refractivity contribution < 1.29 is 24.2 Å². The third-order valence-electron chi connectivity index (χ3n) is 10.0. The fourth-order valence-corrected chi connectivity index (χ4v) is 7.33. The van der Waals surface area contributed by atoms with Gasteiger partial charge in [-0.2, -0.15) is 53.1 Å². The van der Waals surface area contributed by atoms with Gasteiger partial charge < -0.3 is 7.43 Å². The molecule has 282 valence electrons. The molecule has 0 unspecified atom stereocenters. The monoisotopic (exact) mass is 812 g/mol. The van der Waals surface area contributed by atoms with Crippen LogP contribution in [0.15, 0.2) is 72.3 Å². The molecule has 4 aliphatic rings. The first kappa shape index (κ1) is 48.0. The van der Waals surface area contributed by atoms with Crippen molar-refractivity contribution in [2.75, 3.05) is 0 Å². The van der Waals surface area contributed by atoms with E-state index in [1.54, 1.807) is 0 Å². The third kappa shape index (κ3) is 10.4. The van der Waals surface area contributed by atoms with E-state index in [-0.39, 0.29) is 53.9 Å². The molecule has 0 N–H and O–H groups in total. The molecule has 0 amide bonds. The van der Waals surface area contributed by atoms with Crippen LogP contribution >= 0.6 is 24.8 Å². The number of benzene rings is 3. The standard InChI is InChI=1S/C31H37.C9H13.C7H7.CH3.CH2.2ClH.Zr/c1-28(2,3)26-16-30(7,8)24-12-18-11-19-13-25-23(15-21(19)20(18)14-22(24)26)27(29(4,5)6)17-31(25,9)10;1-9(2,3)8-6-4-5-7-8;1-7-5-3-2-4-6-7;;;;;/h12-16H,11H2,1-10H3;6-7H,4H2,1-3H3;3-6H,1H3;1H3;1H2;2*1H;/q4*-1;;;;. The Balaban J connectivity index is 0.000000533. The minimum absolute atomic E-state index is 0. The second-order valence-corrected chi connectivity index (χ2v) is 18.2. The average molecular weight is 815 g/mol. The summed E-state index contributed by atoms with van der Waals surface area (Å²) < 4.78 is 3.34. The van der Waals surface area contributed by atoms with Crippen LogP contribution in [0.2, 0.25) is 0 Å². The van der Waals surface area contributed by atoms with Crippen molar-refractivity contribution >= 4 is 40.2 Å². The van der Waals surface area contributed by atoms with Gasteiger partial charge in [-0.05, 0) is 62.3 Å². The molecule has 3 aromatic rings. The Morgan fingerprint density at radius 3 is 1.62 bits per heavy atom. The van der Waals surface area contributed by atoms with Gasteiger partial charge in [0.2, 0.25) is 0 Å². The smallest absolute Gasteiger partial charge is 0.358 e. The number of rotatable bonds is 0. The quantitative estimate of drug-likeness (QED) is 0.155. The predicted octanol–water partition coefficient (Wildman–Crippen LogP) is 14.3. The van der Waals surface area contributed by atoms with E-state index >= 15 is 0 Å².